The number of rotatable bonds is 4. The number of carbonyl (C=O) groups excluding carboxylic acids is 2. The lowest BCUT2D eigenvalue weighted by Gasteiger charge is -2.22. The number of aryl methyl sites for hydroxylation is 2. The summed E-state index contributed by atoms with van der Waals surface area (Å²) in [4.78, 5) is 27.1. The van der Waals surface area contributed by atoms with Crippen LogP contribution in [-0.4, -0.2) is 31.6 Å². The molecule has 0 saturated carbocycles. The molecule has 2 aliphatic heterocycles. The molecule has 2 aromatic carbocycles. The Morgan fingerprint density at radius 2 is 1.96 bits per heavy atom. The SMILES string of the molecule is CCc1cccc(C)c1NC(=O)[C@H]1CC(=O)N(c2ccc3c(c2)OCCO3)C1. The van der Waals surface area contributed by atoms with Gasteiger partial charge in [-0.3, -0.25) is 9.59 Å². The van der Waals surface area contributed by atoms with E-state index in [4.69, 9.17) is 9.47 Å². The van der Waals surface area contributed by atoms with Crippen molar-refractivity contribution in [3.05, 3.63) is 47.5 Å². The van der Waals surface area contributed by atoms with E-state index < -0.39 is 0 Å². The number of para-hydroxylation sites is 1. The number of hydrogen-bond donors (Lipinski definition) is 1. The minimum Gasteiger partial charge on any atom is -0.486 e. The van der Waals surface area contributed by atoms with Crippen LogP contribution in [0.2, 0.25) is 0 Å². The van der Waals surface area contributed by atoms with Gasteiger partial charge in [-0.25, -0.2) is 0 Å². The Bertz CT molecular complexity index is 925. The van der Waals surface area contributed by atoms with E-state index >= 15 is 0 Å². The van der Waals surface area contributed by atoms with Gasteiger partial charge in [-0.05, 0) is 36.6 Å². The van der Waals surface area contributed by atoms with Crippen LogP contribution in [0.4, 0.5) is 11.4 Å². The van der Waals surface area contributed by atoms with Gasteiger partial charge in [-0.2, -0.15) is 0 Å². The third-order valence-corrected chi connectivity index (χ3v) is 5.32. The standard InChI is InChI=1S/C22H24N2O4/c1-3-15-6-4-5-14(2)21(15)23-22(26)16-11-20(25)24(13-16)17-7-8-18-19(12-17)28-10-9-27-18/h4-8,12,16H,3,9-11,13H2,1-2H3,(H,23,26)/t16-/m0/s1. The van der Waals surface area contributed by atoms with Crippen molar-refractivity contribution in [2.75, 3.05) is 30.0 Å². The fraction of sp³-hybridized carbons (Fsp3) is 0.364. The largest absolute Gasteiger partial charge is 0.486 e. The molecular weight excluding hydrogens is 356 g/mol. The summed E-state index contributed by atoms with van der Waals surface area (Å²) in [6, 6.07) is 11.4. The summed E-state index contributed by atoms with van der Waals surface area (Å²) < 4.78 is 11.1. The van der Waals surface area contributed by atoms with Crippen molar-refractivity contribution < 1.29 is 19.1 Å². The van der Waals surface area contributed by atoms with Crippen molar-refractivity contribution in [1.29, 1.82) is 0 Å². The molecule has 6 nitrogen and oxygen atoms in total. The summed E-state index contributed by atoms with van der Waals surface area (Å²) in [5, 5.41) is 3.05. The van der Waals surface area contributed by atoms with E-state index in [-0.39, 0.29) is 24.2 Å². The highest BCUT2D eigenvalue weighted by atomic mass is 16.6. The lowest BCUT2D eigenvalue weighted by molar-refractivity contribution is -0.122. The molecule has 4 rings (SSSR count). The van der Waals surface area contributed by atoms with E-state index in [0.29, 0.717) is 31.3 Å². The number of nitrogens with one attached hydrogen (secondary N) is 1. The van der Waals surface area contributed by atoms with E-state index in [2.05, 4.69) is 12.2 Å². The Hall–Kier alpha value is -3.02. The molecule has 2 heterocycles. The molecule has 0 unspecified atom stereocenters. The van der Waals surface area contributed by atoms with Crippen LogP contribution in [-0.2, 0) is 16.0 Å². The van der Waals surface area contributed by atoms with Crippen LogP contribution in [0.25, 0.3) is 0 Å². The Labute approximate surface area is 164 Å². The van der Waals surface area contributed by atoms with Crippen molar-refractivity contribution in [2.24, 2.45) is 5.92 Å². The number of fused-ring (bicyclic) bond motifs is 1. The van der Waals surface area contributed by atoms with Crippen LogP contribution in [0.5, 0.6) is 11.5 Å². The average molecular weight is 380 g/mol. The molecular formula is C22H24N2O4. The lowest BCUT2D eigenvalue weighted by atomic mass is 10.0. The van der Waals surface area contributed by atoms with E-state index in [0.717, 1.165) is 28.9 Å². The van der Waals surface area contributed by atoms with E-state index in [1.807, 2.05) is 43.3 Å². The molecule has 146 valence electrons. The zero-order chi connectivity index (χ0) is 19.7. The first-order valence-corrected chi connectivity index (χ1v) is 9.66. The van der Waals surface area contributed by atoms with Crippen LogP contribution in [0, 0.1) is 12.8 Å². The maximum atomic E-state index is 12.9. The highest BCUT2D eigenvalue weighted by Gasteiger charge is 2.36. The minimum absolute atomic E-state index is 0.0580. The monoisotopic (exact) mass is 380 g/mol. The molecule has 28 heavy (non-hydrogen) atoms. The smallest absolute Gasteiger partial charge is 0.229 e. The minimum atomic E-state index is -0.384. The predicted molar refractivity (Wildman–Crippen MR) is 107 cm³/mol. The summed E-state index contributed by atoms with van der Waals surface area (Å²) in [7, 11) is 0. The molecule has 0 aromatic heterocycles. The van der Waals surface area contributed by atoms with Crippen LogP contribution in [0.3, 0.4) is 0 Å². The van der Waals surface area contributed by atoms with Gasteiger partial charge in [0.25, 0.3) is 0 Å². The summed E-state index contributed by atoms with van der Waals surface area (Å²) in [5.41, 5.74) is 3.72. The van der Waals surface area contributed by atoms with E-state index in [9.17, 15) is 9.59 Å². The molecule has 1 N–H and O–H groups in total. The summed E-state index contributed by atoms with van der Waals surface area (Å²) in [5.74, 6) is 0.763. The number of benzene rings is 2. The molecule has 1 saturated heterocycles. The molecule has 1 atom stereocenters. The van der Waals surface area contributed by atoms with Gasteiger partial charge in [-0.1, -0.05) is 25.1 Å². The number of ether oxygens (including phenoxy) is 2. The molecule has 0 aliphatic carbocycles. The van der Waals surface area contributed by atoms with Crippen LogP contribution >= 0.6 is 0 Å². The Balaban J connectivity index is 1.50. The molecule has 2 aromatic rings. The third-order valence-electron chi connectivity index (χ3n) is 5.32. The Morgan fingerprint density at radius 1 is 1.18 bits per heavy atom. The lowest BCUT2D eigenvalue weighted by Crippen LogP contribution is -2.28. The first-order valence-electron chi connectivity index (χ1n) is 9.66. The van der Waals surface area contributed by atoms with Gasteiger partial charge in [0.05, 0.1) is 5.92 Å². The molecule has 0 radical (unpaired) electrons. The Kier molecular flexibility index (Phi) is 4.94. The van der Waals surface area contributed by atoms with Gasteiger partial charge in [0, 0.05) is 30.4 Å². The quantitative estimate of drug-likeness (QED) is 0.884. The zero-order valence-corrected chi connectivity index (χ0v) is 16.2. The Morgan fingerprint density at radius 3 is 2.75 bits per heavy atom. The van der Waals surface area contributed by atoms with Crippen LogP contribution in [0.1, 0.15) is 24.5 Å². The summed E-state index contributed by atoms with van der Waals surface area (Å²) in [6.07, 6.45) is 1.04. The first kappa shape index (κ1) is 18.3. The summed E-state index contributed by atoms with van der Waals surface area (Å²) >= 11 is 0. The van der Waals surface area contributed by atoms with E-state index in [1.54, 1.807) is 4.90 Å². The molecule has 2 aliphatic rings. The van der Waals surface area contributed by atoms with Crippen molar-refractivity contribution >= 4 is 23.2 Å². The van der Waals surface area contributed by atoms with Gasteiger partial charge >= 0.3 is 0 Å². The maximum absolute atomic E-state index is 12.9. The second kappa shape index (κ2) is 7.54. The normalized spacial score (nSPS) is 18.3. The van der Waals surface area contributed by atoms with Crippen LogP contribution in [0.15, 0.2) is 36.4 Å². The van der Waals surface area contributed by atoms with Gasteiger partial charge in [0.2, 0.25) is 11.8 Å². The fourth-order valence-electron chi connectivity index (χ4n) is 3.76. The van der Waals surface area contributed by atoms with Crippen molar-refractivity contribution in [2.45, 2.75) is 26.7 Å². The highest BCUT2D eigenvalue weighted by Crippen LogP contribution is 2.36. The highest BCUT2D eigenvalue weighted by molar-refractivity contribution is 6.04. The topological polar surface area (TPSA) is 67.9 Å². The van der Waals surface area contributed by atoms with Crippen molar-refractivity contribution in [3.63, 3.8) is 0 Å². The second-order valence-corrected chi connectivity index (χ2v) is 7.19. The van der Waals surface area contributed by atoms with Gasteiger partial charge < -0.3 is 19.7 Å². The zero-order valence-electron chi connectivity index (χ0n) is 16.2. The fourth-order valence-corrected chi connectivity index (χ4v) is 3.76. The first-order chi connectivity index (χ1) is 13.6. The van der Waals surface area contributed by atoms with Crippen molar-refractivity contribution in [3.8, 4) is 11.5 Å². The molecule has 2 amide bonds. The number of carbonyl (C=O) groups is 2. The van der Waals surface area contributed by atoms with E-state index in [1.165, 1.54) is 0 Å². The van der Waals surface area contributed by atoms with Crippen LogP contribution < -0.4 is 19.7 Å². The molecule has 6 heteroatoms. The number of amides is 2. The molecule has 0 spiro atoms. The van der Waals surface area contributed by atoms with Gasteiger partial charge in [-0.15, -0.1) is 0 Å². The average Bonchev–Trinajstić information content (AvgIpc) is 3.11. The maximum Gasteiger partial charge on any atom is 0.229 e. The molecule has 0 bridgehead atoms. The summed E-state index contributed by atoms with van der Waals surface area (Å²) in [6.45, 7) is 5.42. The predicted octanol–water partition coefficient (Wildman–Crippen LogP) is 3.32. The van der Waals surface area contributed by atoms with Gasteiger partial charge in [0.1, 0.15) is 13.2 Å². The number of anilines is 2. The second-order valence-electron chi connectivity index (χ2n) is 7.19. The third kappa shape index (κ3) is 3.42. The number of hydrogen-bond acceptors (Lipinski definition) is 4. The number of nitrogens with zero attached hydrogens (tertiary/aromatic N) is 1. The van der Waals surface area contributed by atoms with Gasteiger partial charge in [0.15, 0.2) is 11.5 Å². The molecule has 1 fully saturated rings. The van der Waals surface area contributed by atoms with Crippen molar-refractivity contribution in [1.82, 2.24) is 0 Å².